The molecule has 0 bridgehead atoms. The van der Waals surface area contributed by atoms with Crippen LogP contribution in [0.5, 0.6) is 5.75 Å². The Kier molecular flexibility index (Phi) is 4.72. The Labute approximate surface area is 117 Å². The summed E-state index contributed by atoms with van der Waals surface area (Å²) in [6.45, 7) is 3.07. The molecule has 0 heterocycles. The third-order valence-electron chi connectivity index (χ3n) is 2.37. The molecule has 0 atom stereocenters. The summed E-state index contributed by atoms with van der Waals surface area (Å²) in [5.74, 6) is -2.14. The molecule has 1 rings (SSSR count). The fourth-order valence-electron chi connectivity index (χ4n) is 1.67. The number of amides is 1. The first-order valence-electron chi connectivity index (χ1n) is 5.76. The van der Waals surface area contributed by atoms with E-state index in [4.69, 9.17) is 0 Å². The number of phenols is 1. The fraction of sp³-hybridized carbons (Fsp3) is 0.417. The van der Waals surface area contributed by atoms with E-state index in [-0.39, 0.29) is 6.54 Å². The van der Waals surface area contributed by atoms with Crippen LogP contribution < -0.4 is 10.0 Å². The SMILES string of the molecule is CC(C)(CNC(=O)c1c(O)cccc1F)NS(C)(=O)=O. The molecule has 112 valence electrons. The highest BCUT2D eigenvalue weighted by molar-refractivity contribution is 7.88. The van der Waals surface area contributed by atoms with Gasteiger partial charge < -0.3 is 10.4 Å². The van der Waals surface area contributed by atoms with E-state index in [0.29, 0.717) is 0 Å². The van der Waals surface area contributed by atoms with Crippen molar-refractivity contribution >= 4 is 15.9 Å². The monoisotopic (exact) mass is 304 g/mol. The average Bonchev–Trinajstić information content (AvgIpc) is 2.23. The predicted molar refractivity (Wildman–Crippen MR) is 72.5 cm³/mol. The third-order valence-corrected chi connectivity index (χ3v) is 3.29. The number of phenolic OH excluding ortho intramolecular Hbond substituents is 1. The summed E-state index contributed by atoms with van der Waals surface area (Å²) in [7, 11) is -3.44. The first-order chi connectivity index (χ1) is 9.02. The highest BCUT2D eigenvalue weighted by Gasteiger charge is 2.24. The van der Waals surface area contributed by atoms with Gasteiger partial charge in [-0.2, -0.15) is 0 Å². The van der Waals surface area contributed by atoms with Gasteiger partial charge in [0.05, 0.1) is 6.26 Å². The van der Waals surface area contributed by atoms with Gasteiger partial charge in [-0.1, -0.05) is 6.07 Å². The van der Waals surface area contributed by atoms with E-state index in [1.165, 1.54) is 12.1 Å². The zero-order valence-electron chi connectivity index (χ0n) is 11.4. The summed E-state index contributed by atoms with van der Waals surface area (Å²) < 4.78 is 38.1. The van der Waals surface area contributed by atoms with Gasteiger partial charge in [-0.15, -0.1) is 0 Å². The standard InChI is InChI=1S/C12H17FN2O4S/c1-12(2,15-20(3,18)19)7-14-11(17)10-8(13)5-4-6-9(10)16/h4-6,15-16H,7H2,1-3H3,(H,14,17). The normalized spacial score (nSPS) is 12.2. The summed E-state index contributed by atoms with van der Waals surface area (Å²) in [5.41, 5.74) is -1.41. The molecule has 0 unspecified atom stereocenters. The molecule has 20 heavy (non-hydrogen) atoms. The molecule has 1 aromatic carbocycles. The van der Waals surface area contributed by atoms with Crippen molar-refractivity contribution in [2.24, 2.45) is 0 Å². The van der Waals surface area contributed by atoms with Crippen LogP contribution in [0.2, 0.25) is 0 Å². The maximum atomic E-state index is 13.5. The second-order valence-corrected chi connectivity index (χ2v) is 6.82. The molecule has 1 aromatic rings. The molecule has 3 N–H and O–H groups in total. The number of carbonyl (C=O) groups is 1. The number of halogens is 1. The highest BCUT2D eigenvalue weighted by Crippen LogP contribution is 2.19. The first kappa shape index (κ1) is 16.4. The van der Waals surface area contributed by atoms with Crippen molar-refractivity contribution in [1.82, 2.24) is 10.0 Å². The maximum Gasteiger partial charge on any atom is 0.258 e. The van der Waals surface area contributed by atoms with Crippen LogP contribution in [0.15, 0.2) is 18.2 Å². The Morgan fingerprint density at radius 1 is 1.40 bits per heavy atom. The first-order valence-corrected chi connectivity index (χ1v) is 7.65. The average molecular weight is 304 g/mol. The lowest BCUT2D eigenvalue weighted by Gasteiger charge is -2.25. The molecular weight excluding hydrogens is 287 g/mol. The minimum absolute atomic E-state index is 0.0628. The molecule has 0 saturated carbocycles. The highest BCUT2D eigenvalue weighted by atomic mass is 32.2. The molecule has 0 aromatic heterocycles. The molecule has 0 fully saturated rings. The van der Waals surface area contributed by atoms with E-state index < -0.39 is 38.6 Å². The molecule has 6 nitrogen and oxygen atoms in total. The van der Waals surface area contributed by atoms with Crippen molar-refractivity contribution in [2.75, 3.05) is 12.8 Å². The minimum Gasteiger partial charge on any atom is -0.507 e. The van der Waals surface area contributed by atoms with Gasteiger partial charge in [-0.25, -0.2) is 17.5 Å². The van der Waals surface area contributed by atoms with Crippen molar-refractivity contribution in [3.63, 3.8) is 0 Å². The number of hydrogen-bond donors (Lipinski definition) is 3. The van der Waals surface area contributed by atoms with E-state index in [1.807, 2.05) is 0 Å². The van der Waals surface area contributed by atoms with Crippen LogP contribution in [0.1, 0.15) is 24.2 Å². The number of carbonyl (C=O) groups excluding carboxylic acids is 1. The Morgan fingerprint density at radius 3 is 2.50 bits per heavy atom. The number of sulfonamides is 1. The summed E-state index contributed by atoms with van der Waals surface area (Å²) in [6, 6.07) is 3.52. The summed E-state index contributed by atoms with van der Waals surface area (Å²) in [6.07, 6.45) is 0.999. The summed E-state index contributed by atoms with van der Waals surface area (Å²) in [4.78, 5) is 11.8. The Hall–Kier alpha value is -1.67. The van der Waals surface area contributed by atoms with Gasteiger partial charge in [0.2, 0.25) is 10.0 Å². The zero-order valence-corrected chi connectivity index (χ0v) is 12.2. The molecule has 0 aliphatic heterocycles. The molecule has 0 radical (unpaired) electrons. The second kappa shape index (κ2) is 5.76. The smallest absolute Gasteiger partial charge is 0.258 e. The van der Waals surface area contributed by atoms with Crippen LogP contribution in [-0.4, -0.2) is 37.8 Å². The zero-order chi connectivity index (χ0) is 15.6. The largest absolute Gasteiger partial charge is 0.507 e. The maximum absolute atomic E-state index is 13.5. The van der Waals surface area contributed by atoms with Crippen molar-refractivity contribution < 1.29 is 22.7 Å². The van der Waals surface area contributed by atoms with Gasteiger partial charge in [0.25, 0.3) is 5.91 Å². The van der Waals surface area contributed by atoms with Crippen LogP contribution >= 0.6 is 0 Å². The minimum atomic E-state index is -3.44. The lowest BCUT2D eigenvalue weighted by molar-refractivity contribution is 0.0937. The molecule has 8 heteroatoms. The van der Waals surface area contributed by atoms with E-state index in [0.717, 1.165) is 12.3 Å². The Balaban J connectivity index is 2.78. The molecule has 0 aliphatic rings. The van der Waals surface area contributed by atoms with Crippen LogP contribution in [-0.2, 0) is 10.0 Å². The van der Waals surface area contributed by atoms with Gasteiger partial charge in [-0.3, -0.25) is 4.79 Å². The number of hydrogen-bond acceptors (Lipinski definition) is 4. The van der Waals surface area contributed by atoms with Crippen molar-refractivity contribution in [1.29, 1.82) is 0 Å². The van der Waals surface area contributed by atoms with Gasteiger partial charge in [-0.05, 0) is 26.0 Å². The van der Waals surface area contributed by atoms with Crippen LogP contribution in [0.3, 0.4) is 0 Å². The topological polar surface area (TPSA) is 95.5 Å². The van der Waals surface area contributed by atoms with Crippen LogP contribution in [0.4, 0.5) is 4.39 Å². The molecule has 0 spiro atoms. The van der Waals surface area contributed by atoms with E-state index in [9.17, 15) is 22.7 Å². The Bertz CT molecular complexity index is 594. The molecular formula is C12H17FN2O4S. The molecule has 0 saturated heterocycles. The number of rotatable bonds is 5. The van der Waals surface area contributed by atoms with Crippen molar-refractivity contribution in [3.05, 3.63) is 29.6 Å². The molecule has 1 amide bonds. The lowest BCUT2D eigenvalue weighted by Crippen LogP contribution is -2.51. The van der Waals surface area contributed by atoms with Gasteiger partial charge >= 0.3 is 0 Å². The van der Waals surface area contributed by atoms with Gasteiger partial charge in [0.1, 0.15) is 17.1 Å². The quantitative estimate of drug-likeness (QED) is 0.742. The van der Waals surface area contributed by atoms with Crippen LogP contribution in [0, 0.1) is 5.82 Å². The number of nitrogens with one attached hydrogen (secondary N) is 2. The Morgan fingerprint density at radius 2 is 2.00 bits per heavy atom. The van der Waals surface area contributed by atoms with Gasteiger partial charge in [0, 0.05) is 12.1 Å². The van der Waals surface area contributed by atoms with Crippen molar-refractivity contribution in [2.45, 2.75) is 19.4 Å². The second-order valence-electron chi connectivity index (χ2n) is 5.07. The predicted octanol–water partition coefficient (Wildman–Crippen LogP) is 0.589. The number of benzene rings is 1. The van der Waals surface area contributed by atoms with Gasteiger partial charge in [0.15, 0.2) is 0 Å². The van der Waals surface area contributed by atoms with E-state index >= 15 is 0 Å². The lowest BCUT2D eigenvalue weighted by atomic mass is 10.1. The molecule has 0 aliphatic carbocycles. The summed E-state index contributed by atoms with van der Waals surface area (Å²) in [5, 5.41) is 11.8. The summed E-state index contributed by atoms with van der Waals surface area (Å²) >= 11 is 0. The third kappa shape index (κ3) is 4.78. The van der Waals surface area contributed by atoms with Crippen LogP contribution in [0.25, 0.3) is 0 Å². The van der Waals surface area contributed by atoms with E-state index in [2.05, 4.69) is 10.0 Å². The van der Waals surface area contributed by atoms with Crippen molar-refractivity contribution in [3.8, 4) is 5.75 Å². The number of aromatic hydroxyl groups is 1. The fourth-order valence-corrected chi connectivity index (χ4v) is 2.74. The van der Waals surface area contributed by atoms with E-state index in [1.54, 1.807) is 13.8 Å².